The third-order valence-electron chi connectivity index (χ3n) is 3.63. The van der Waals surface area contributed by atoms with Crippen LogP contribution >= 0.6 is 11.6 Å². The van der Waals surface area contributed by atoms with E-state index >= 15 is 0 Å². The van der Waals surface area contributed by atoms with Gasteiger partial charge in [-0.3, -0.25) is 4.98 Å². The highest BCUT2D eigenvalue weighted by molar-refractivity contribution is 6.32. The van der Waals surface area contributed by atoms with Gasteiger partial charge in [-0.2, -0.15) is 0 Å². The molecule has 0 unspecified atom stereocenters. The second-order valence-electron chi connectivity index (χ2n) is 5.35. The molecule has 0 radical (unpaired) electrons. The van der Waals surface area contributed by atoms with Crippen LogP contribution in [-0.2, 0) is 0 Å². The normalized spacial score (nSPS) is 11.2. The van der Waals surface area contributed by atoms with Gasteiger partial charge in [-0.1, -0.05) is 48.0 Å². The van der Waals surface area contributed by atoms with Crippen LogP contribution in [-0.4, -0.2) is 19.1 Å². The smallest absolute Gasteiger partial charge is 0.0707 e. The number of para-hydroxylation sites is 1. The third-order valence-corrected chi connectivity index (χ3v) is 3.95. The summed E-state index contributed by atoms with van der Waals surface area (Å²) < 4.78 is 0. The van der Waals surface area contributed by atoms with Gasteiger partial charge in [-0.25, -0.2) is 0 Å². The van der Waals surface area contributed by atoms with Crippen molar-refractivity contribution in [2.45, 2.75) is 0 Å². The Balaban J connectivity index is 1.96. The lowest BCUT2D eigenvalue weighted by atomic mass is 10.1. The summed E-state index contributed by atoms with van der Waals surface area (Å²) >= 11 is 6.37. The molecule has 0 aliphatic rings. The highest BCUT2D eigenvalue weighted by Gasteiger charge is 2.02. The lowest BCUT2D eigenvalue weighted by Crippen LogP contribution is -2.08. The average Bonchev–Trinajstić information content (AvgIpc) is 2.53. The molecule has 0 saturated carbocycles. The van der Waals surface area contributed by atoms with Crippen molar-refractivity contribution in [3.8, 4) is 0 Å². The molecule has 0 saturated heterocycles. The predicted molar refractivity (Wildman–Crippen MR) is 96.5 cm³/mol. The number of hydrogen-bond acceptors (Lipinski definition) is 2. The van der Waals surface area contributed by atoms with Gasteiger partial charge in [0.2, 0.25) is 0 Å². The number of nitrogens with zero attached hydrogens (tertiary/aromatic N) is 2. The van der Waals surface area contributed by atoms with Gasteiger partial charge in [0.15, 0.2) is 0 Å². The lowest BCUT2D eigenvalue weighted by molar-refractivity contribution is 1.13. The van der Waals surface area contributed by atoms with Gasteiger partial charge in [0.1, 0.15) is 0 Å². The number of anilines is 1. The first-order valence-electron chi connectivity index (χ1n) is 7.14. The third kappa shape index (κ3) is 2.97. The molecule has 1 heterocycles. The number of benzene rings is 2. The quantitative estimate of drug-likeness (QED) is 0.667. The molecule has 0 aliphatic carbocycles. The zero-order valence-electron chi connectivity index (χ0n) is 12.6. The Hall–Kier alpha value is -2.32. The molecule has 0 fully saturated rings. The van der Waals surface area contributed by atoms with Gasteiger partial charge in [-0.15, -0.1) is 0 Å². The van der Waals surface area contributed by atoms with Gasteiger partial charge in [0.25, 0.3) is 0 Å². The molecular weight excluding hydrogens is 292 g/mol. The molecule has 0 atom stereocenters. The molecule has 0 amide bonds. The van der Waals surface area contributed by atoms with E-state index in [1.807, 2.05) is 67.7 Å². The summed E-state index contributed by atoms with van der Waals surface area (Å²) in [4.78, 5) is 6.42. The molecule has 22 heavy (non-hydrogen) atoms. The molecule has 3 heteroatoms. The summed E-state index contributed by atoms with van der Waals surface area (Å²) in [5.41, 5.74) is 4.24. The number of halogens is 1. The van der Waals surface area contributed by atoms with E-state index in [1.165, 1.54) is 0 Å². The van der Waals surface area contributed by atoms with Crippen LogP contribution in [0.15, 0.2) is 54.7 Å². The van der Waals surface area contributed by atoms with Crippen LogP contribution in [0, 0.1) is 0 Å². The van der Waals surface area contributed by atoms with Crippen molar-refractivity contribution in [3.63, 3.8) is 0 Å². The largest absolute Gasteiger partial charge is 0.378 e. The van der Waals surface area contributed by atoms with E-state index in [1.54, 1.807) is 0 Å². The maximum Gasteiger partial charge on any atom is 0.0707 e. The van der Waals surface area contributed by atoms with Crippen molar-refractivity contribution in [1.82, 2.24) is 4.98 Å². The number of fused-ring (bicyclic) bond motifs is 1. The van der Waals surface area contributed by atoms with E-state index in [2.05, 4.69) is 23.2 Å². The molecule has 3 rings (SSSR count). The van der Waals surface area contributed by atoms with Crippen molar-refractivity contribution in [1.29, 1.82) is 0 Å². The fraction of sp³-hybridized carbons (Fsp3) is 0.105. The van der Waals surface area contributed by atoms with Gasteiger partial charge in [0, 0.05) is 36.4 Å². The second kappa shape index (κ2) is 6.20. The van der Waals surface area contributed by atoms with Crippen LogP contribution in [0.25, 0.3) is 23.1 Å². The Labute approximate surface area is 135 Å². The van der Waals surface area contributed by atoms with Gasteiger partial charge < -0.3 is 4.90 Å². The molecule has 0 aliphatic heterocycles. The fourth-order valence-corrected chi connectivity index (χ4v) is 2.61. The number of rotatable bonds is 3. The topological polar surface area (TPSA) is 16.1 Å². The van der Waals surface area contributed by atoms with E-state index in [9.17, 15) is 0 Å². The van der Waals surface area contributed by atoms with Crippen LogP contribution < -0.4 is 4.90 Å². The lowest BCUT2D eigenvalue weighted by Gasteiger charge is -2.13. The highest BCUT2D eigenvalue weighted by atomic mass is 35.5. The van der Waals surface area contributed by atoms with Crippen molar-refractivity contribution in [2.75, 3.05) is 19.0 Å². The SMILES string of the molecule is CN(C)c1ccc(/C=C\c2ccnc3ccccc23)c(Cl)c1. The van der Waals surface area contributed by atoms with Gasteiger partial charge in [-0.05, 0) is 35.4 Å². The van der Waals surface area contributed by atoms with Gasteiger partial charge in [0.05, 0.1) is 5.52 Å². The van der Waals surface area contributed by atoms with E-state index in [4.69, 9.17) is 11.6 Å². The maximum atomic E-state index is 6.37. The van der Waals surface area contributed by atoms with Crippen LogP contribution in [0.5, 0.6) is 0 Å². The summed E-state index contributed by atoms with van der Waals surface area (Å²) in [6, 6.07) is 16.2. The van der Waals surface area contributed by atoms with Gasteiger partial charge >= 0.3 is 0 Å². The zero-order valence-corrected chi connectivity index (χ0v) is 13.4. The van der Waals surface area contributed by atoms with Crippen LogP contribution in [0.4, 0.5) is 5.69 Å². The minimum Gasteiger partial charge on any atom is -0.378 e. The Morgan fingerprint density at radius 2 is 1.73 bits per heavy atom. The Morgan fingerprint density at radius 3 is 2.50 bits per heavy atom. The Kier molecular flexibility index (Phi) is 4.12. The maximum absolute atomic E-state index is 6.37. The molecule has 110 valence electrons. The summed E-state index contributed by atoms with van der Waals surface area (Å²) in [6.45, 7) is 0. The van der Waals surface area contributed by atoms with Crippen LogP contribution in [0.3, 0.4) is 0 Å². The van der Waals surface area contributed by atoms with Crippen molar-refractivity contribution < 1.29 is 0 Å². The van der Waals surface area contributed by atoms with Crippen molar-refractivity contribution in [2.24, 2.45) is 0 Å². The van der Waals surface area contributed by atoms with E-state index in [0.717, 1.165) is 32.7 Å². The highest BCUT2D eigenvalue weighted by Crippen LogP contribution is 2.25. The number of aromatic nitrogens is 1. The first kappa shape index (κ1) is 14.6. The van der Waals surface area contributed by atoms with E-state index < -0.39 is 0 Å². The summed E-state index contributed by atoms with van der Waals surface area (Å²) in [7, 11) is 4.01. The molecule has 3 aromatic rings. The van der Waals surface area contributed by atoms with E-state index in [-0.39, 0.29) is 0 Å². The number of pyridine rings is 1. The molecule has 1 aromatic heterocycles. The summed E-state index contributed by atoms with van der Waals surface area (Å²) in [5.74, 6) is 0. The molecular formula is C19H17ClN2. The minimum atomic E-state index is 0.751. The second-order valence-corrected chi connectivity index (χ2v) is 5.76. The van der Waals surface area contributed by atoms with Crippen molar-refractivity contribution >= 4 is 40.3 Å². The molecule has 0 N–H and O–H groups in total. The standard InChI is InChI=1S/C19H17ClN2/c1-22(2)16-10-9-15(18(20)13-16)8-7-14-11-12-21-19-6-4-3-5-17(14)19/h3-13H,1-2H3/b8-7-. The molecule has 0 spiro atoms. The summed E-state index contributed by atoms with van der Waals surface area (Å²) in [5, 5.41) is 1.89. The first-order valence-corrected chi connectivity index (χ1v) is 7.51. The Bertz CT molecular complexity index is 832. The molecule has 2 aromatic carbocycles. The monoisotopic (exact) mass is 308 g/mol. The average molecular weight is 309 g/mol. The van der Waals surface area contributed by atoms with E-state index in [0.29, 0.717) is 0 Å². The van der Waals surface area contributed by atoms with Crippen LogP contribution in [0.2, 0.25) is 5.02 Å². The Morgan fingerprint density at radius 1 is 0.955 bits per heavy atom. The molecule has 0 bridgehead atoms. The van der Waals surface area contributed by atoms with Crippen molar-refractivity contribution in [3.05, 3.63) is 70.9 Å². The predicted octanol–water partition coefficient (Wildman–Crippen LogP) is 5.12. The zero-order chi connectivity index (χ0) is 15.5. The summed E-state index contributed by atoms with van der Waals surface area (Å²) in [6.07, 6.45) is 5.96. The first-order chi connectivity index (χ1) is 10.6. The molecule has 2 nitrogen and oxygen atoms in total. The number of hydrogen-bond donors (Lipinski definition) is 0. The fourth-order valence-electron chi connectivity index (χ4n) is 2.37. The minimum absolute atomic E-state index is 0.751. The van der Waals surface area contributed by atoms with Crippen LogP contribution in [0.1, 0.15) is 11.1 Å².